The van der Waals surface area contributed by atoms with Crippen molar-refractivity contribution in [2.75, 3.05) is 0 Å². The molecule has 1 heterocycles. The third-order valence-electron chi connectivity index (χ3n) is 8.93. The van der Waals surface area contributed by atoms with Gasteiger partial charge in [0.15, 0.2) is 17.4 Å². The molecule has 0 amide bonds. The van der Waals surface area contributed by atoms with Gasteiger partial charge < -0.3 is 4.74 Å². The number of halogens is 4. The van der Waals surface area contributed by atoms with Gasteiger partial charge in [-0.3, -0.25) is 0 Å². The predicted molar refractivity (Wildman–Crippen MR) is 146 cm³/mol. The molecule has 1 nitrogen and oxygen atoms in total. The zero-order valence-electron chi connectivity index (χ0n) is 22.2. The summed E-state index contributed by atoms with van der Waals surface area (Å²) in [4.78, 5) is 0. The van der Waals surface area contributed by atoms with Crippen LogP contribution in [0.1, 0.15) is 89.0 Å². The summed E-state index contributed by atoms with van der Waals surface area (Å²) >= 11 is 0. The molecule has 0 bridgehead atoms. The first-order valence-corrected chi connectivity index (χ1v) is 16.9. The summed E-state index contributed by atoms with van der Waals surface area (Å²) < 4.78 is 57.0. The minimum Gasteiger partial charge on any atom is -0.429 e. The number of unbranched alkanes of at least 4 members (excludes halogenated alkanes) is 2. The molecule has 6 heteroatoms. The Kier molecular flexibility index (Phi) is 10.5. The quantitative estimate of drug-likeness (QED) is 0.158. The van der Waals surface area contributed by atoms with E-state index in [-0.39, 0.29) is 0 Å². The summed E-state index contributed by atoms with van der Waals surface area (Å²) in [5.41, 5.74) is 2.23. The minimum absolute atomic E-state index is 0.310. The molecule has 1 aliphatic heterocycles. The van der Waals surface area contributed by atoms with Crippen LogP contribution < -0.4 is 4.74 Å². The SMILES string of the molecule is CCCCC[Si@H]1CC[C@H](CCC2CCC(c3ccc(-c4cc(F)c(OC(F)F)c(F)c4)cc3)CC2)CC1. The first-order valence-electron chi connectivity index (χ1n) is 14.5. The van der Waals surface area contributed by atoms with Gasteiger partial charge in [-0.1, -0.05) is 94.3 Å². The van der Waals surface area contributed by atoms with Crippen LogP contribution in [-0.2, 0) is 0 Å². The van der Waals surface area contributed by atoms with E-state index in [0.29, 0.717) is 17.0 Å². The summed E-state index contributed by atoms with van der Waals surface area (Å²) in [7, 11) is -0.406. The van der Waals surface area contributed by atoms with Crippen LogP contribution in [0.5, 0.6) is 5.75 Å². The van der Waals surface area contributed by atoms with E-state index in [1.54, 1.807) is 18.1 Å². The number of alkyl halides is 2. The Labute approximate surface area is 221 Å². The number of rotatable bonds is 11. The molecular weight excluding hydrogens is 492 g/mol. The number of benzene rings is 2. The van der Waals surface area contributed by atoms with E-state index in [4.69, 9.17) is 0 Å². The van der Waals surface area contributed by atoms with E-state index in [2.05, 4.69) is 11.7 Å². The Morgan fingerprint density at radius 2 is 1.41 bits per heavy atom. The highest BCUT2D eigenvalue weighted by molar-refractivity contribution is 6.58. The van der Waals surface area contributed by atoms with E-state index in [1.807, 2.05) is 24.3 Å². The third kappa shape index (κ3) is 8.08. The summed E-state index contributed by atoms with van der Waals surface area (Å²) in [6.45, 7) is -0.972. The van der Waals surface area contributed by atoms with Gasteiger partial charge in [0.2, 0.25) is 0 Å². The van der Waals surface area contributed by atoms with Gasteiger partial charge in [0.05, 0.1) is 0 Å². The predicted octanol–water partition coefficient (Wildman–Crippen LogP) is 10.1. The third-order valence-corrected chi connectivity index (χ3v) is 12.5. The topological polar surface area (TPSA) is 9.23 Å². The largest absolute Gasteiger partial charge is 0.429 e. The van der Waals surface area contributed by atoms with Crippen molar-refractivity contribution in [1.82, 2.24) is 0 Å². The molecule has 4 rings (SSSR count). The summed E-state index contributed by atoms with van der Waals surface area (Å²) in [6.07, 6.45) is 15.0. The molecule has 2 aromatic rings. The second-order valence-corrected chi connectivity index (χ2v) is 14.9. The summed E-state index contributed by atoms with van der Waals surface area (Å²) in [5.74, 6) is -0.922. The molecule has 0 N–H and O–H groups in total. The summed E-state index contributed by atoms with van der Waals surface area (Å²) in [6, 6.07) is 14.7. The second-order valence-electron chi connectivity index (χ2n) is 11.4. The van der Waals surface area contributed by atoms with Crippen molar-refractivity contribution in [3.05, 3.63) is 53.6 Å². The first kappa shape index (κ1) is 28.2. The van der Waals surface area contributed by atoms with Gasteiger partial charge in [0.1, 0.15) is 0 Å². The van der Waals surface area contributed by atoms with Crippen LogP contribution in [0, 0.1) is 23.5 Å². The highest BCUT2D eigenvalue weighted by Crippen LogP contribution is 2.40. The van der Waals surface area contributed by atoms with E-state index in [9.17, 15) is 17.6 Å². The lowest BCUT2D eigenvalue weighted by molar-refractivity contribution is -0.0546. The fourth-order valence-electron chi connectivity index (χ4n) is 6.62. The summed E-state index contributed by atoms with van der Waals surface area (Å²) in [5, 5.41) is 0. The number of ether oxygens (including phenoxy) is 1. The van der Waals surface area contributed by atoms with Crippen LogP contribution in [0.25, 0.3) is 11.1 Å². The van der Waals surface area contributed by atoms with Crippen molar-refractivity contribution >= 4 is 8.80 Å². The zero-order chi connectivity index (χ0) is 26.2. The molecule has 2 aromatic carbocycles. The molecule has 0 radical (unpaired) electrons. The zero-order valence-corrected chi connectivity index (χ0v) is 23.3. The maximum Gasteiger partial charge on any atom is 0.387 e. The van der Waals surface area contributed by atoms with Gasteiger partial charge in [0, 0.05) is 8.80 Å². The lowest BCUT2D eigenvalue weighted by atomic mass is 9.76. The minimum atomic E-state index is -3.27. The number of hydrogen-bond acceptors (Lipinski definition) is 1. The van der Waals surface area contributed by atoms with E-state index in [0.717, 1.165) is 24.0 Å². The molecule has 2 aliphatic rings. The van der Waals surface area contributed by atoms with Gasteiger partial charge in [-0.25, -0.2) is 8.78 Å². The van der Waals surface area contributed by atoms with Crippen molar-refractivity contribution in [2.24, 2.45) is 11.8 Å². The van der Waals surface area contributed by atoms with Crippen LogP contribution in [0.15, 0.2) is 36.4 Å². The molecular formula is C31H42F4OSi. The van der Waals surface area contributed by atoms with Crippen molar-refractivity contribution in [2.45, 2.75) is 108 Å². The average molecular weight is 535 g/mol. The van der Waals surface area contributed by atoms with Crippen LogP contribution in [-0.4, -0.2) is 15.4 Å². The van der Waals surface area contributed by atoms with Crippen molar-refractivity contribution in [1.29, 1.82) is 0 Å². The lowest BCUT2D eigenvalue weighted by Crippen LogP contribution is -2.22. The van der Waals surface area contributed by atoms with Crippen LogP contribution in [0.3, 0.4) is 0 Å². The maximum absolute atomic E-state index is 14.1. The highest BCUT2D eigenvalue weighted by atomic mass is 28.3. The van der Waals surface area contributed by atoms with Crippen LogP contribution in [0.2, 0.25) is 18.1 Å². The molecule has 2 fully saturated rings. The molecule has 0 unspecified atom stereocenters. The molecule has 0 atom stereocenters. The Morgan fingerprint density at radius 3 is 1.97 bits per heavy atom. The normalized spacial score (nSPS) is 24.4. The highest BCUT2D eigenvalue weighted by Gasteiger charge is 2.26. The Hall–Kier alpha value is -1.82. The van der Waals surface area contributed by atoms with Gasteiger partial charge >= 0.3 is 6.61 Å². The molecule has 1 aliphatic carbocycles. The van der Waals surface area contributed by atoms with E-state index < -0.39 is 32.8 Å². The fraction of sp³-hybridized carbons (Fsp3) is 0.613. The maximum atomic E-state index is 14.1. The smallest absolute Gasteiger partial charge is 0.387 e. The van der Waals surface area contributed by atoms with Crippen molar-refractivity contribution in [3.63, 3.8) is 0 Å². The molecule has 0 spiro atoms. The van der Waals surface area contributed by atoms with Crippen molar-refractivity contribution in [3.8, 4) is 16.9 Å². The second kappa shape index (κ2) is 13.8. The standard InChI is InChI=1S/C31H42F4OSi/c1-2-3-4-17-37-18-15-23(16-19-37)6-5-22-7-9-24(10-8-22)25-11-13-26(14-12-25)27-20-28(32)30(29(33)21-27)36-31(34)35/h11-14,20-24,31,37H,2-10,15-19H2,1H3/t22?,23-,24?,37-. The molecule has 37 heavy (non-hydrogen) atoms. The fourth-order valence-corrected chi connectivity index (χ4v) is 10.2. The van der Waals surface area contributed by atoms with Crippen LogP contribution >= 0.6 is 0 Å². The monoisotopic (exact) mass is 534 g/mol. The van der Waals surface area contributed by atoms with E-state index in [1.165, 1.54) is 76.2 Å². The van der Waals surface area contributed by atoms with Gasteiger partial charge in [-0.05, 0) is 72.3 Å². The van der Waals surface area contributed by atoms with Gasteiger partial charge in [0.25, 0.3) is 0 Å². The van der Waals surface area contributed by atoms with Gasteiger partial charge in [-0.2, -0.15) is 8.78 Å². The van der Waals surface area contributed by atoms with Crippen LogP contribution in [0.4, 0.5) is 17.6 Å². The Morgan fingerprint density at radius 1 is 0.811 bits per heavy atom. The Balaban J connectivity index is 1.21. The lowest BCUT2D eigenvalue weighted by Gasteiger charge is -2.32. The van der Waals surface area contributed by atoms with E-state index >= 15 is 0 Å². The van der Waals surface area contributed by atoms with Crippen molar-refractivity contribution < 1.29 is 22.3 Å². The molecule has 0 aromatic heterocycles. The molecule has 204 valence electrons. The van der Waals surface area contributed by atoms with Gasteiger partial charge in [-0.15, -0.1) is 0 Å². The molecule has 1 saturated heterocycles. The Bertz CT molecular complexity index is 941. The molecule has 1 saturated carbocycles. The number of hydrogen-bond donors (Lipinski definition) is 0. The first-order chi connectivity index (χ1) is 17.9. The average Bonchev–Trinajstić information content (AvgIpc) is 2.90.